The highest BCUT2D eigenvalue weighted by Gasteiger charge is 2.10. The van der Waals surface area contributed by atoms with Gasteiger partial charge in [-0.25, -0.2) is 9.37 Å². The predicted molar refractivity (Wildman–Crippen MR) is 75.0 cm³/mol. The Hall–Kier alpha value is -1.46. The van der Waals surface area contributed by atoms with Gasteiger partial charge >= 0.3 is 0 Å². The Bertz CT molecular complexity index is 542. The number of hydrogen-bond donors (Lipinski definition) is 1. The van der Waals surface area contributed by atoms with Gasteiger partial charge in [-0.2, -0.15) is 0 Å². The van der Waals surface area contributed by atoms with Crippen molar-refractivity contribution in [3.63, 3.8) is 0 Å². The minimum Gasteiger partial charge on any atom is -0.484 e. The van der Waals surface area contributed by atoms with Crippen LogP contribution in [0.15, 0.2) is 23.6 Å². The van der Waals surface area contributed by atoms with Crippen LogP contribution in [0.2, 0.25) is 0 Å². The molecule has 2 rings (SSSR count). The van der Waals surface area contributed by atoms with Gasteiger partial charge in [0, 0.05) is 5.38 Å². The molecule has 2 aromatic rings. The number of rotatable bonds is 6. The van der Waals surface area contributed by atoms with Gasteiger partial charge < -0.3 is 10.5 Å². The van der Waals surface area contributed by atoms with Crippen molar-refractivity contribution in [2.24, 2.45) is 5.73 Å². The van der Waals surface area contributed by atoms with E-state index in [-0.39, 0.29) is 12.4 Å². The van der Waals surface area contributed by atoms with Crippen LogP contribution in [0.5, 0.6) is 5.75 Å². The zero-order chi connectivity index (χ0) is 13.7. The third kappa shape index (κ3) is 3.52. The molecule has 0 aliphatic carbocycles. The third-order valence-corrected chi connectivity index (χ3v) is 3.77. The summed E-state index contributed by atoms with van der Waals surface area (Å²) < 4.78 is 19.3. The number of hydrogen-bond acceptors (Lipinski definition) is 4. The normalized spacial score (nSPS) is 10.7. The molecule has 0 aliphatic rings. The molecule has 2 N–H and O–H groups in total. The molecule has 1 heterocycles. The SMILES string of the molecule is CCc1nc(COc2c(F)cccc2CCN)cs1. The van der Waals surface area contributed by atoms with E-state index in [0.29, 0.717) is 18.7 Å². The Morgan fingerprint density at radius 1 is 1.42 bits per heavy atom. The van der Waals surface area contributed by atoms with Crippen LogP contribution in [-0.2, 0) is 19.4 Å². The van der Waals surface area contributed by atoms with Crippen molar-refractivity contribution in [2.75, 3.05) is 6.54 Å². The van der Waals surface area contributed by atoms with Crippen LogP contribution in [0.3, 0.4) is 0 Å². The van der Waals surface area contributed by atoms with Crippen molar-refractivity contribution >= 4 is 11.3 Å². The second-order valence-electron chi connectivity index (χ2n) is 4.14. The number of nitrogens with two attached hydrogens (primary N) is 1. The summed E-state index contributed by atoms with van der Waals surface area (Å²) in [6, 6.07) is 4.91. The first kappa shape index (κ1) is 14.0. The molecule has 0 amide bonds. The minimum atomic E-state index is -0.350. The predicted octanol–water partition coefficient (Wildman–Crippen LogP) is 2.92. The highest BCUT2D eigenvalue weighted by Crippen LogP contribution is 2.24. The molecule has 0 radical (unpaired) electrons. The monoisotopic (exact) mass is 280 g/mol. The quantitative estimate of drug-likeness (QED) is 0.885. The van der Waals surface area contributed by atoms with Gasteiger partial charge in [0.2, 0.25) is 0 Å². The van der Waals surface area contributed by atoms with Gasteiger partial charge in [-0.15, -0.1) is 11.3 Å². The number of halogens is 1. The van der Waals surface area contributed by atoms with E-state index in [4.69, 9.17) is 10.5 Å². The molecule has 0 bridgehead atoms. The zero-order valence-corrected chi connectivity index (χ0v) is 11.7. The molecule has 5 heteroatoms. The minimum absolute atomic E-state index is 0.287. The van der Waals surface area contributed by atoms with E-state index in [1.807, 2.05) is 11.4 Å². The van der Waals surface area contributed by atoms with Gasteiger partial charge in [0.25, 0.3) is 0 Å². The maximum Gasteiger partial charge on any atom is 0.165 e. The fourth-order valence-corrected chi connectivity index (χ4v) is 2.52. The van der Waals surface area contributed by atoms with Crippen LogP contribution in [0.4, 0.5) is 4.39 Å². The summed E-state index contributed by atoms with van der Waals surface area (Å²) in [5.41, 5.74) is 7.16. The third-order valence-electron chi connectivity index (χ3n) is 2.73. The smallest absolute Gasteiger partial charge is 0.165 e. The standard InChI is InChI=1S/C14H17FN2OS/c1-2-13-17-11(9-19-13)8-18-14-10(6-7-16)4-3-5-12(14)15/h3-5,9H,2,6-8,16H2,1H3. The Kier molecular flexibility index (Phi) is 4.87. The van der Waals surface area contributed by atoms with E-state index >= 15 is 0 Å². The lowest BCUT2D eigenvalue weighted by molar-refractivity contribution is 0.283. The Labute approximate surface area is 116 Å². The number of ether oxygens (including phenoxy) is 1. The largest absolute Gasteiger partial charge is 0.484 e. The number of para-hydroxylation sites is 1. The highest BCUT2D eigenvalue weighted by molar-refractivity contribution is 7.09. The fraction of sp³-hybridized carbons (Fsp3) is 0.357. The van der Waals surface area contributed by atoms with E-state index in [0.717, 1.165) is 22.7 Å². The van der Waals surface area contributed by atoms with Crippen molar-refractivity contribution in [2.45, 2.75) is 26.4 Å². The average Bonchev–Trinajstić information content (AvgIpc) is 2.86. The summed E-state index contributed by atoms with van der Waals surface area (Å²) in [6.07, 6.45) is 1.51. The summed E-state index contributed by atoms with van der Waals surface area (Å²) in [4.78, 5) is 4.40. The first-order chi connectivity index (χ1) is 9.24. The van der Waals surface area contributed by atoms with E-state index in [9.17, 15) is 4.39 Å². The number of benzene rings is 1. The lowest BCUT2D eigenvalue weighted by Gasteiger charge is -2.10. The molecule has 0 aliphatic heterocycles. The number of nitrogens with zero attached hydrogens (tertiary/aromatic N) is 1. The number of aromatic nitrogens is 1. The molecule has 0 saturated heterocycles. The zero-order valence-electron chi connectivity index (χ0n) is 10.9. The van der Waals surface area contributed by atoms with Crippen LogP contribution >= 0.6 is 11.3 Å². The molecule has 0 fully saturated rings. The van der Waals surface area contributed by atoms with Gasteiger partial charge in [0.05, 0.1) is 10.7 Å². The highest BCUT2D eigenvalue weighted by atomic mass is 32.1. The van der Waals surface area contributed by atoms with Crippen molar-refractivity contribution < 1.29 is 9.13 Å². The molecular formula is C14H17FN2OS. The second-order valence-corrected chi connectivity index (χ2v) is 5.08. The van der Waals surface area contributed by atoms with E-state index in [1.165, 1.54) is 6.07 Å². The molecule has 0 spiro atoms. The number of thiazole rings is 1. The summed E-state index contributed by atoms with van der Waals surface area (Å²) in [6.45, 7) is 2.81. The molecule has 3 nitrogen and oxygen atoms in total. The Morgan fingerprint density at radius 2 is 2.26 bits per heavy atom. The van der Waals surface area contributed by atoms with Gasteiger partial charge in [-0.1, -0.05) is 19.1 Å². The molecule has 1 aromatic carbocycles. The van der Waals surface area contributed by atoms with Crippen molar-refractivity contribution in [3.05, 3.63) is 45.7 Å². The van der Waals surface area contributed by atoms with Crippen molar-refractivity contribution in [3.8, 4) is 5.75 Å². The average molecular weight is 280 g/mol. The van der Waals surface area contributed by atoms with Gasteiger partial charge in [-0.3, -0.25) is 0 Å². The van der Waals surface area contributed by atoms with E-state index in [2.05, 4.69) is 11.9 Å². The molecule has 1 aromatic heterocycles. The fourth-order valence-electron chi connectivity index (χ4n) is 1.79. The number of aryl methyl sites for hydroxylation is 1. The van der Waals surface area contributed by atoms with Crippen LogP contribution in [0.1, 0.15) is 23.2 Å². The van der Waals surface area contributed by atoms with Crippen molar-refractivity contribution in [1.29, 1.82) is 0 Å². The summed E-state index contributed by atoms with van der Waals surface area (Å²) in [5, 5.41) is 3.01. The van der Waals surface area contributed by atoms with Crippen LogP contribution in [-0.4, -0.2) is 11.5 Å². The first-order valence-electron chi connectivity index (χ1n) is 6.28. The Balaban J connectivity index is 2.09. The first-order valence-corrected chi connectivity index (χ1v) is 7.16. The van der Waals surface area contributed by atoms with E-state index < -0.39 is 0 Å². The molecule has 19 heavy (non-hydrogen) atoms. The molecular weight excluding hydrogens is 263 g/mol. The topological polar surface area (TPSA) is 48.1 Å². The molecule has 0 unspecified atom stereocenters. The lowest BCUT2D eigenvalue weighted by atomic mass is 10.1. The lowest BCUT2D eigenvalue weighted by Crippen LogP contribution is -2.07. The second kappa shape index (κ2) is 6.63. The summed E-state index contributed by atoms with van der Waals surface area (Å²) in [7, 11) is 0. The van der Waals surface area contributed by atoms with Crippen LogP contribution < -0.4 is 10.5 Å². The maximum atomic E-state index is 13.8. The van der Waals surface area contributed by atoms with E-state index in [1.54, 1.807) is 17.4 Å². The molecule has 102 valence electrons. The van der Waals surface area contributed by atoms with Crippen LogP contribution in [0.25, 0.3) is 0 Å². The van der Waals surface area contributed by atoms with Gasteiger partial charge in [0.1, 0.15) is 6.61 Å². The van der Waals surface area contributed by atoms with Gasteiger partial charge in [-0.05, 0) is 31.0 Å². The summed E-state index contributed by atoms with van der Waals surface area (Å²) >= 11 is 1.60. The molecule has 0 atom stereocenters. The summed E-state index contributed by atoms with van der Waals surface area (Å²) in [5.74, 6) is -0.0594. The Morgan fingerprint density at radius 3 is 2.95 bits per heavy atom. The van der Waals surface area contributed by atoms with Crippen LogP contribution in [0, 0.1) is 5.82 Å². The molecule has 0 saturated carbocycles. The van der Waals surface area contributed by atoms with Crippen molar-refractivity contribution in [1.82, 2.24) is 4.98 Å². The van der Waals surface area contributed by atoms with Gasteiger partial charge in [0.15, 0.2) is 11.6 Å². The maximum absolute atomic E-state index is 13.8.